The summed E-state index contributed by atoms with van der Waals surface area (Å²) in [5, 5.41) is 7.63. The van der Waals surface area contributed by atoms with E-state index in [1.807, 2.05) is 44.3 Å². The van der Waals surface area contributed by atoms with Gasteiger partial charge in [0, 0.05) is 29.8 Å². The van der Waals surface area contributed by atoms with E-state index in [-0.39, 0.29) is 5.16 Å². The van der Waals surface area contributed by atoms with Crippen LogP contribution in [-0.4, -0.2) is 45.0 Å². The number of nitrogens with one attached hydrogen (secondary N) is 1. The number of pyridine rings is 1. The Morgan fingerprint density at radius 2 is 1.88 bits per heavy atom. The molecule has 0 amide bonds. The number of benzene rings is 1. The summed E-state index contributed by atoms with van der Waals surface area (Å²) in [6.07, 6.45) is 7.89. The third kappa shape index (κ3) is 3.73. The van der Waals surface area contributed by atoms with E-state index in [1.165, 1.54) is 18.9 Å². The minimum absolute atomic E-state index is 0.232. The van der Waals surface area contributed by atoms with Crippen LogP contribution in [0.5, 0.6) is 11.5 Å². The van der Waals surface area contributed by atoms with Gasteiger partial charge < -0.3 is 10.1 Å². The van der Waals surface area contributed by atoms with Crippen LogP contribution in [0.25, 0.3) is 16.7 Å². The maximum Gasteiger partial charge on any atom is 0.218 e. The minimum Gasteiger partial charge on any atom is -0.457 e. The standard InChI is InChI=1S/C21H18N8O2S/c1-12-6-14(27-20-19-15(23-10-25-20)8-22-21(28-19)32(3)30)4-5-16(12)31-17-7-18-24-11-26-29(18)9-13(17)2/h4-11H,1-3H3,(H,23,25,27). The Bertz CT molecular complexity index is 1500. The van der Waals surface area contributed by atoms with Gasteiger partial charge in [-0.05, 0) is 37.6 Å². The Labute approximate surface area is 185 Å². The lowest BCUT2D eigenvalue weighted by Crippen LogP contribution is -2.02. The molecule has 0 fully saturated rings. The summed E-state index contributed by atoms with van der Waals surface area (Å²) >= 11 is 0. The molecule has 160 valence electrons. The van der Waals surface area contributed by atoms with Crippen molar-refractivity contribution in [2.75, 3.05) is 11.6 Å². The zero-order valence-corrected chi connectivity index (χ0v) is 18.3. The third-order valence-corrected chi connectivity index (χ3v) is 5.55. The molecule has 1 atom stereocenters. The third-order valence-electron chi connectivity index (χ3n) is 4.84. The van der Waals surface area contributed by atoms with E-state index in [0.717, 1.165) is 22.6 Å². The van der Waals surface area contributed by atoms with Crippen LogP contribution < -0.4 is 10.1 Å². The van der Waals surface area contributed by atoms with Crippen molar-refractivity contribution < 1.29 is 8.95 Å². The van der Waals surface area contributed by atoms with E-state index in [9.17, 15) is 4.21 Å². The topological polar surface area (TPSA) is 120 Å². The van der Waals surface area contributed by atoms with Crippen molar-refractivity contribution in [2.24, 2.45) is 0 Å². The molecule has 1 unspecified atom stereocenters. The monoisotopic (exact) mass is 446 g/mol. The average molecular weight is 446 g/mol. The van der Waals surface area contributed by atoms with Gasteiger partial charge in [0.05, 0.1) is 17.0 Å². The van der Waals surface area contributed by atoms with Gasteiger partial charge in [0.1, 0.15) is 35.2 Å². The van der Waals surface area contributed by atoms with E-state index in [1.54, 1.807) is 10.7 Å². The second-order valence-corrected chi connectivity index (χ2v) is 8.43. The summed E-state index contributed by atoms with van der Waals surface area (Å²) in [7, 11) is -1.31. The number of hydrogen-bond donors (Lipinski definition) is 1. The molecule has 4 heterocycles. The van der Waals surface area contributed by atoms with Crippen molar-refractivity contribution in [3.05, 3.63) is 60.4 Å². The predicted molar refractivity (Wildman–Crippen MR) is 120 cm³/mol. The second-order valence-electron chi connectivity index (χ2n) is 7.15. The largest absolute Gasteiger partial charge is 0.457 e. The normalized spacial score (nSPS) is 12.2. The molecule has 11 heteroatoms. The highest BCUT2D eigenvalue weighted by molar-refractivity contribution is 7.84. The highest BCUT2D eigenvalue weighted by Crippen LogP contribution is 2.31. The van der Waals surface area contributed by atoms with Crippen molar-refractivity contribution in [1.82, 2.24) is 34.5 Å². The number of aromatic nitrogens is 7. The zero-order valence-electron chi connectivity index (χ0n) is 17.5. The number of hydrogen-bond acceptors (Lipinski definition) is 9. The first-order valence-electron chi connectivity index (χ1n) is 9.64. The molecule has 5 aromatic rings. The first kappa shape index (κ1) is 19.9. The molecule has 1 N–H and O–H groups in total. The van der Waals surface area contributed by atoms with E-state index in [0.29, 0.717) is 28.2 Å². The minimum atomic E-state index is -1.31. The molecular weight excluding hydrogens is 428 g/mol. The van der Waals surface area contributed by atoms with Crippen LogP contribution in [0.1, 0.15) is 11.1 Å². The van der Waals surface area contributed by atoms with E-state index >= 15 is 0 Å². The molecule has 10 nitrogen and oxygen atoms in total. The summed E-state index contributed by atoms with van der Waals surface area (Å²) in [6, 6.07) is 7.58. The molecule has 5 rings (SSSR count). The molecule has 4 aromatic heterocycles. The number of rotatable bonds is 5. The summed E-state index contributed by atoms with van der Waals surface area (Å²) in [5.41, 5.74) is 4.46. The summed E-state index contributed by atoms with van der Waals surface area (Å²) in [6.45, 7) is 3.92. The van der Waals surface area contributed by atoms with Gasteiger partial charge >= 0.3 is 0 Å². The van der Waals surface area contributed by atoms with E-state index in [4.69, 9.17) is 4.74 Å². The van der Waals surface area contributed by atoms with Crippen LogP contribution in [0, 0.1) is 13.8 Å². The van der Waals surface area contributed by atoms with Crippen LogP contribution in [0.15, 0.2) is 54.5 Å². The van der Waals surface area contributed by atoms with Gasteiger partial charge in [0.25, 0.3) is 0 Å². The average Bonchev–Trinajstić information content (AvgIpc) is 3.22. The Morgan fingerprint density at radius 3 is 2.69 bits per heavy atom. The lowest BCUT2D eigenvalue weighted by atomic mass is 10.2. The van der Waals surface area contributed by atoms with Gasteiger partial charge in [-0.2, -0.15) is 5.10 Å². The highest BCUT2D eigenvalue weighted by atomic mass is 32.2. The number of ether oxygens (including phenoxy) is 1. The van der Waals surface area contributed by atoms with E-state index < -0.39 is 10.8 Å². The summed E-state index contributed by atoms with van der Waals surface area (Å²) < 4.78 is 19.6. The van der Waals surface area contributed by atoms with Crippen molar-refractivity contribution in [2.45, 2.75) is 19.0 Å². The van der Waals surface area contributed by atoms with Crippen LogP contribution in [0.3, 0.4) is 0 Å². The summed E-state index contributed by atoms with van der Waals surface area (Å²) in [5.74, 6) is 1.94. The fraction of sp³-hybridized carbons (Fsp3) is 0.143. The number of nitrogens with zero attached hydrogens (tertiary/aromatic N) is 7. The van der Waals surface area contributed by atoms with Crippen LogP contribution >= 0.6 is 0 Å². The lowest BCUT2D eigenvalue weighted by molar-refractivity contribution is 0.474. The van der Waals surface area contributed by atoms with Crippen LogP contribution in [-0.2, 0) is 10.8 Å². The van der Waals surface area contributed by atoms with Crippen molar-refractivity contribution >= 4 is 39.0 Å². The number of aryl methyl sites for hydroxylation is 2. The SMILES string of the molecule is Cc1cc(Nc2ncnc3cnc(S(C)=O)nc23)ccc1Oc1cc2ncnn2cc1C. The fourth-order valence-electron chi connectivity index (χ4n) is 3.21. The molecule has 1 aromatic carbocycles. The molecule has 0 aliphatic carbocycles. The number of fused-ring (bicyclic) bond motifs is 2. The Morgan fingerprint density at radius 1 is 1.00 bits per heavy atom. The molecule has 0 aliphatic heterocycles. The van der Waals surface area contributed by atoms with Gasteiger partial charge in [-0.25, -0.2) is 29.4 Å². The molecule has 0 saturated heterocycles. The van der Waals surface area contributed by atoms with Gasteiger partial charge in [0.2, 0.25) is 5.16 Å². The van der Waals surface area contributed by atoms with Gasteiger partial charge in [0.15, 0.2) is 11.5 Å². The van der Waals surface area contributed by atoms with Crippen molar-refractivity contribution in [3.8, 4) is 11.5 Å². The smallest absolute Gasteiger partial charge is 0.218 e. The molecule has 32 heavy (non-hydrogen) atoms. The molecule has 0 radical (unpaired) electrons. The summed E-state index contributed by atoms with van der Waals surface area (Å²) in [4.78, 5) is 21.1. The molecule has 0 saturated carbocycles. The Kier molecular flexibility index (Phi) is 4.94. The zero-order chi connectivity index (χ0) is 22.2. The van der Waals surface area contributed by atoms with Crippen LogP contribution in [0.4, 0.5) is 11.5 Å². The Hall–Kier alpha value is -3.99. The van der Waals surface area contributed by atoms with Crippen molar-refractivity contribution in [3.63, 3.8) is 0 Å². The lowest BCUT2D eigenvalue weighted by Gasteiger charge is -2.13. The molecule has 0 bridgehead atoms. The first-order valence-corrected chi connectivity index (χ1v) is 11.2. The highest BCUT2D eigenvalue weighted by Gasteiger charge is 2.12. The maximum absolute atomic E-state index is 11.8. The van der Waals surface area contributed by atoms with Gasteiger partial charge in [-0.15, -0.1) is 0 Å². The molecule has 0 spiro atoms. The van der Waals surface area contributed by atoms with Gasteiger partial charge in [-0.1, -0.05) is 0 Å². The number of anilines is 2. The molecule has 0 aliphatic rings. The first-order chi connectivity index (χ1) is 15.5. The predicted octanol–water partition coefficient (Wildman–Crippen LogP) is 3.35. The maximum atomic E-state index is 11.8. The molecular formula is C21H18N8O2S. The van der Waals surface area contributed by atoms with Crippen molar-refractivity contribution in [1.29, 1.82) is 0 Å². The quantitative estimate of drug-likeness (QED) is 0.405. The second kappa shape index (κ2) is 7.93. The Balaban J connectivity index is 1.44. The van der Waals surface area contributed by atoms with Crippen LogP contribution in [0.2, 0.25) is 0 Å². The fourth-order valence-corrected chi connectivity index (χ4v) is 3.64. The van der Waals surface area contributed by atoms with E-state index in [2.05, 4.69) is 35.3 Å². The van der Waals surface area contributed by atoms with Gasteiger partial charge in [-0.3, -0.25) is 4.21 Å².